The van der Waals surface area contributed by atoms with E-state index in [-0.39, 0.29) is 6.42 Å². The third-order valence-corrected chi connectivity index (χ3v) is 3.40. The fourth-order valence-electron chi connectivity index (χ4n) is 2.37. The fraction of sp³-hybridized carbons (Fsp3) is 0.429. The summed E-state index contributed by atoms with van der Waals surface area (Å²) in [6.07, 6.45) is 3.30. The van der Waals surface area contributed by atoms with Gasteiger partial charge in [-0.1, -0.05) is 12.1 Å². The van der Waals surface area contributed by atoms with E-state index in [0.29, 0.717) is 12.3 Å². The lowest BCUT2D eigenvalue weighted by Crippen LogP contribution is -2.05. The highest BCUT2D eigenvalue weighted by molar-refractivity contribution is 5.76. The van der Waals surface area contributed by atoms with Crippen LogP contribution in [0.1, 0.15) is 37.4 Å². The SMILES string of the molecule is O=C(O)CCCn1c(C2CC2)nc2ccccc21. The zero-order valence-corrected chi connectivity index (χ0v) is 10.2. The van der Waals surface area contributed by atoms with Gasteiger partial charge in [0.25, 0.3) is 0 Å². The van der Waals surface area contributed by atoms with Crippen LogP contribution in [0.25, 0.3) is 11.0 Å². The van der Waals surface area contributed by atoms with Crippen molar-refractivity contribution in [1.29, 1.82) is 0 Å². The highest BCUT2D eigenvalue weighted by Gasteiger charge is 2.29. The molecule has 0 unspecified atom stereocenters. The van der Waals surface area contributed by atoms with Crippen LogP contribution in [0.3, 0.4) is 0 Å². The molecule has 1 aliphatic rings. The molecule has 1 aromatic carbocycles. The minimum Gasteiger partial charge on any atom is -0.481 e. The molecule has 4 heteroatoms. The molecule has 1 aromatic heterocycles. The lowest BCUT2D eigenvalue weighted by atomic mass is 10.2. The Morgan fingerprint density at radius 2 is 2.17 bits per heavy atom. The van der Waals surface area contributed by atoms with Gasteiger partial charge in [-0.15, -0.1) is 0 Å². The van der Waals surface area contributed by atoms with Crippen molar-refractivity contribution >= 4 is 17.0 Å². The molecule has 1 saturated carbocycles. The number of imidazole rings is 1. The van der Waals surface area contributed by atoms with Crippen LogP contribution in [-0.2, 0) is 11.3 Å². The number of rotatable bonds is 5. The second kappa shape index (κ2) is 4.44. The molecule has 2 aromatic rings. The van der Waals surface area contributed by atoms with Gasteiger partial charge in [0, 0.05) is 18.9 Å². The molecule has 94 valence electrons. The molecule has 0 saturated heterocycles. The van der Waals surface area contributed by atoms with Crippen LogP contribution in [0, 0.1) is 0 Å². The fourth-order valence-corrected chi connectivity index (χ4v) is 2.37. The van der Waals surface area contributed by atoms with Crippen molar-refractivity contribution in [1.82, 2.24) is 9.55 Å². The Balaban J connectivity index is 1.91. The molecule has 1 heterocycles. The summed E-state index contributed by atoms with van der Waals surface area (Å²) < 4.78 is 2.20. The van der Waals surface area contributed by atoms with E-state index in [1.54, 1.807) is 0 Å². The number of carbonyl (C=O) groups is 1. The number of hydrogen-bond acceptors (Lipinski definition) is 2. The van der Waals surface area contributed by atoms with Crippen LogP contribution in [0.2, 0.25) is 0 Å². The Morgan fingerprint density at radius 1 is 1.39 bits per heavy atom. The minimum absolute atomic E-state index is 0.219. The molecule has 0 radical (unpaired) electrons. The summed E-state index contributed by atoms with van der Waals surface area (Å²) in [6.45, 7) is 0.749. The van der Waals surface area contributed by atoms with Crippen molar-refractivity contribution in [2.45, 2.75) is 38.1 Å². The first kappa shape index (κ1) is 11.3. The van der Waals surface area contributed by atoms with Gasteiger partial charge in [-0.05, 0) is 31.4 Å². The molecule has 0 atom stereocenters. The van der Waals surface area contributed by atoms with E-state index in [1.807, 2.05) is 18.2 Å². The lowest BCUT2D eigenvalue weighted by molar-refractivity contribution is -0.137. The maximum Gasteiger partial charge on any atom is 0.303 e. The first-order valence-electron chi connectivity index (χ1n) is 6.42. The Morgan fingerprint density at radius 3 is 2.89 bits per heavy atom. The second-order valence-corrected chi connectivity index (χ2v) is 4.88. The maximum atomic E-state index is 10.6. The van der Waals surface area contributed by atoms with E-state index >= 15 is 0 Å². The van der Waals surface area contributed by atoms with E-state index in [4.69, 9.17) is 5.11 Å². The minimum atomic E-state index is -0.729. The average molecular weight is 244 g/mol. The molecular formula is C14H16N2O2. The van der Waals surface area contributed by atoms with Gasteiger partial charge in [-0.3, -0.25) is 4.79 Å². The first-order chi connectivity index (χ1) is 8.75. The Bertz CT molecular complexity index is 584. The number of para-hydroxylation sites is 2. The Kier molecular flexibility index (Phi) is 2.78. The van der Waals surface area contributed by atoms with Crippen molar-refractivity contribution in [2.75, 3.05) is 0 Å². The molecule has 4 nitrogen and oxygen atoms in total. The molecule has 0 bridgehead atoms. The monoisotopic (exact) mass is 244 g/mol. The first-order valence-corrected chi connectivity index (χ1v) is 6.42. The number of carboxylic acid groups (broad SMARTS) is 1. The molecule has 0 aliphatic heterocycles. The predicted molar refractivity (Wildman–Crippen MR) is 68.6 cm³/mol. The highest BCUT2D eigenvalue weighted by Crippen LogP contribution is 2.40. The standard InChI is InChI=1S/C14H16N2O2/c17-13(18)6-3-9-16-12-5-2-1-4-11(12)15-14(16)10-7-8-10/h1-2,4-5,10H,3,6-9H2,(H,17,18). The van der Waals surface area contributed by atoms with E-state index in [2.05, 4.69) is 15.6 Å². The molecule has 1 N–H and O–H groups in total. The van der Waals surface area contributed by atoms with Crippen LogP contribution in [0.15, 0.2) is 24.3 Å². The van der Waals surface area contributed by atoms with Crippen molar-refractivity contribution in [3.05, 3.63) is 30.1 Å². The number of aromatic nitrogens is 2. The number of carboxylic acids is 1. The van der Waals surface area contributed by atoms with Crippen LogP contribution in [-0.4, -0.2) is 20.6 Å². The molecule has 1 fully saturated rings. The van der Waals surface area contributed by atoms with Gasteiger partial charge >= 0.3 is 5.97 Å². The van der Waals surface area contributed by atoms with Crippen LogP contribution in [0.4, 0.5) is 0 Å². The summed E-state index contributed by atoms with van der Waals surface area (Å²) in [6, 6.07) is 8.09. The van der Waals surface area contributed by atoms with Crippen molar-refractivity contribution in [2.24, 2.45) is 0 Å². The number of aliphatic carboxylic acids is 1. The van der Waals surface area contributed by atoms with Crippen LogP contribution in [0.5, 0.6) is 0 Å². The quantitative estimate of drug-likeness (QED) is 0.879. The number of aryl methyl sites for hydroxylation is 1. The number of hydrogen-bond donors (Lipinski definition) is 1. The molecule has 0 amide bonds. The smallest absolute Gasteiger partial charge is 0.303 e. The zero-order chi connectivity index (χ0) is 12.5. The van der Waals surface area contributed by atoms with Gasteiger partial charge in [0.05, 0.1) is 11.0 Å². The van der Waals surface area contributed by atoms with Gasteiger partial charge in [0.15, 0.2) is 0 Å². The number of nitrogens with zero attached hydrogens (tertiary/aromatic N) is 2. The third-order valence-electron chi connectivity index (χ3n) is 3.40. The third kappa shape index (κ3) is 2.10. The Labute approximate surface area is 105 Å². The maximum absolute atomic E-state index is 10.6. The van der Waals surface area contributed by atoms with E-state index in [1.165, 1.54) is 12.8 Å². The largest absolute Gasteiger partial charge is 0.481 e. The molecule has 0 spiro atoms. The molecular weight excluding hydrogens is 228 g/mol. The zero-order valence-electron chi connectivity index (χ0n) is 10.2. The van der Waals surface area contributed by atoms with Crippen LogP contribution < -0.4 is 0 Å². The van der Waals surface area contributed by atoms with Gasteiger partial charge in [0.1, 0.15) is 5.82 Å². The topological polar surface area (TPSA) is 55.1 Å². The molecule has 3 rings (SSSR count). The van der Waals surface area contributed by atoms with Crippen molar-refractivity contribution in [3.63, 3.8) is 0 Å². The molecule has 1 aliphatic carbocycles. The summed E-state index contributed by atoms with van der Waals surface area (Å²) >= 11 is 0. The summed E-state index contributed by atoms with van der Waals surface area (Å²) in [5.41, 5.74) is 2.15. The van der Waals surface area contributed by atoms with E-state index in [0.717, 1.165) is 23.4 Å². The summed E-state index contributed by atoms with van der Waals surface area (Å²) in [4.78, 5) is 15.3. The number of benzene rings is 1. The predicted octanol–water partition coefficient (Wildman–Crippen LogP) is 2.78. The Hall–Kier alpha value is -1.84. The summed E-state index contributed by atoms with van der Waals surface area (Å²) in [5.74, 6) is 0.996. The van der Waals surface area contributed by atoms with Gasteiger partial charge in [-0.25, -0.2) is 4.98 Å². The van der Waals surface area contributed by atoms with E-state index in [9.17, 15) is 4.79 Å². The van der Waals surface area contributed by atoms with E-state index < -0.39 is 5.97 Å². The lowest BCUT2D eigenvalue weighted by Gasteiger charge is -2.07. The summed E-state index contributed by atoms with van der Waals surface area (Å²) in [7, 11) is 0. The second-order valence-electron chi connectivity index (χ2n) is 4.88. The van der Waals surface area contributed by atoms with Gasteiger partial charge in [0.2, 0.25) is 0 Å². The number of fused-ring (bicyclic) bond motifs is 1. The normalized spacial score (nSPS) is 15.1. The van der Waals surface area contributed by atoms with Crippen molar-refractivity contribution in [3.8, 4) is 0 Å². The highest BCUT2D eigenvalue weighted by atomic mass is 16.4. The average Bonchev–Trinajstić information content (AvgIpc) is 3.13. The van der Waals surface area contributed by atoms with Crippen molar-refractivity contribution < 1.29 is 9.90 Å². The molecule has 18 heavy (non-hydrogen) atoms. The van der Waals surface area contributed by atoms with Gasteiger partial charge in [-0.2, -0.15) is 0 Å². The summed E-state index contributed by atoms with van der Waals surface area (Å²) in [5, 5.41) is 8.72. The van der Waals surface area contributed by atoms with Gasteiger partial charge < -0.3 is 9.67 Å². The van der Waals surface area contributed by atoms with Crippen LogP contribution >= 0.6 is 0 Å².